The third-order valence-corrected chi connectivity index (χ3v) is 10.3. The highest BCUT2D eigenvalue weighted by Crippen LogP contribution is 2.70. The molecule has 5 aliphatic rings. The van der Waals surface area contributed by atoms with E-state index in [9.17, 15) is 24.6 Å². The Morgan fingerprint density at radius 2 is 2.00 bits per heavy atom. The molecule has 1 unspecified atom stereocenters. The van der Waals surface area contributed by atoms with E-state index in [-0.39, 0.29) is 18.1 Å². The summed E-state index contributed by atoms with van der Waals surface area (Å²) in [6.07, 6.45) is 9.86. The summed E-state index contributed by atoms with van der Waals surface area (Å²) in [6, 6.07) is 0. The van der Waals surface area contributed by atoms with Gasteiger partial charge in [-0.3, -0.25) is 9.59 Å². The molecule has 8 atom stereocenters. The second kappa shape index (κ2) is 8.46. The molecule has 7 nitrogen and oxygen atoms in total. The number of aliphatic hydroxyl groups is 2. The summed E-state index contributed by atoms with van der Waals surface area (Å²) in [5, 5.41) is 23.4. The fraction of sp³-hybridized carbons (Fsp3) is 0.621. The lowest BCUT2D eigenvalue weighted by Crippen LogP contribution is -2.69. The average Bonchev–Trinajstić information content (AvgIpc) is 3.05. The lowest BCUT2D eigenvalue weighted by molar-refractivity contribution is -0.219. The van der Waals surface area contributed by atoms with E-state index in [2.05, 4.69) is 0 Å². The van der Waals surface area contributed by atoms with Crippen LogP contribution in [0.25, 0.3) is 0 Å². The molecule has 37 heavy (non-hydrogen) atoms. The summed E-state index contributed by atoms with van der Waals surface area (Å²) >= 11 is 0. The smallest absolute Gasteiger partial charge is 0.336 e. The van der Waals surface area contributed by atoms with E-state index < -0.39 is 58.4 Å². The zero-order chi connectivity index (χ0) is 27.0. The Balaban J connectivity index is 1.42. The van der Waals surface area contributed by atoms with E-state index in [4.69, 9.17) is 4.74 Å². The Labute approximate surface area is 216 Å². The van der Waals surface area contributed by atoms with Gasteiger partial charge >= 0.3 is 5.97 Å². The van der Waals surface area contributed by atoms with Crippen LogP contribution < -0.4 is 0 Å². The van der Waals surface area contributed by atoms with Gasteiger partial charge in [-0.15, -0.1) is 0 Å². The highest BCUT2D eigenvalue weighted by Gasteiger charge is 2.75. The number of hydrogen-bond donors (Lipinski definition) is 2. The van der Waals surface area contributed by atoms with E-state index in [0.29, 0.717) is 36.8 Å². The highest BCUT2D eigenvalue weighted by atomic mass is 19.1. The minimum Gasteiger partial charge on any atom is -0.454 e. The van der Waals surface area contributed by atoms with Gasteiger partial charge in [0.15, 0.2) is 18.1 Å². The fourth-order valence-electron chi connectivity index (χ4n) is 8.30. The molecule has 0 saturated heterocycles. The van der Waals surface area contributed by atoms with Crippen molar-refractivity contribution in [3.05, 3.63) is 47.9 Å². The monoisotopic (exact) mass is 513 g/mol. The third-order valence-electron chi connectivity index (χ3n) is 10.3. The molecule has 5 rings (SSSR count). The summed E-state index contributed by atoms with van der Waals surface area (Å²) in [6.45, 7) is 4.68. The number of nitrogens with zero attached hydrogens (tertiary/aromatic N) is 1. The van der Waals surface area contributed by atoms with Gasteiger partial charge in [0.2, 0.25) is 5.78 Å². The van der Waals surface area contributed by atoms with Crippen LogP contribution in [-0.4, -0.2) is 63.7 Å². The van der Waals surface area contributed by atoms with Crippen molar-refractivity contribution in [1.29, 1.82) is 0 Å². The number of ketones is 2. The molecule has 3 fully saturated rings. The molecule has 0 radical (unpaired) electrons. The van der Waals surface area contributed by atoms with Crippen molar-refractivity contribution in [2.75, 3.05) is 13.7 Å². The van der Waals surface area contributed by atoms with Crippen molar-refractivity contribution in [2.24, 2.45) is 28.6 Å². The van der Waals surface area contributed by atoms with Gasteiger partial charge < -0.3 is 19.8 Å². The first-order valence-electron chi connectivity index (χ1n) is 13.1. The minimum atomic E-state index is -2.04. The highest BCUT2D eigenvalue weighted by molar-refractivity contribution is 6.01. The molecule has 200 valence electrons. The van der Waals surface area contributed by atoms with E-state index in [1.54, 1.807) is 45.0 Å². The molecular formula is C29H36FNO6. The number of allylic oxidation sites excluding steroid dienone is 5. The number of esters is 1. The molecule has 0 aromatic heterocycles. The summed E-state index contributed by atoms with van der Waals surface area (Å²) in [5.74, 6) is -2.92. The molecule has 0 aromatic rings. The first-order valence-corrected chi connectivity index (χ1v) is 13.1. The zero-order valence-corrected chi connectivity index (χ0v) is 21.9. The van der Waals surface area contributed by atoms with Crippen molar-refractivity contribution in [2.45, 2.75) is 70.2 Å². The Kier molecular flexibility index (Phi) is 5.96. The maximum Gasteiger partial charge on any atom is 0.336 e. The Morgan fingerprint density at radius 1 is 1.27 bits per heavy atom. The number of hydrogen-bond acceptors (Lipinski definition) is 7. The molecule has 0 amide bonds. The molecule has 8 heteroatoms. The predicted molar refractivity (Wildman–Crippen MR) is 133 cm³/mol. The van der Waals surface area contributed by atoms with E-state index in [1.807, 2.05) is 12.3 Å². The Morgan fingerprint density at radius 3 is 2.70 bits per heavy atom. The van der Waals surface area contributed by atoms with Crippen molar-refractivity contribution in [3.63, 3.8) is 0 Å². The van der Waals surface area contributed by atoms with Crippen LogP contribution in [0.5, 0.6) is 0 Å². The van der Waals surface area contributed by atoms with Crippen LogP contribution in [0.15, 0.2) is 47.9 Å². The first kappa shape index (κ1) is 26.0. The minimum absolute atomic E-state index is 0.114. The molecular weight excluding hydrogens is 477 g/mol. The van der Waals surface area contributed by atoms with Gasteiger partial charge in [0.05, 0.1) is 11.7 Å². The lowest BCUT2D eigenvalue weighted by atomic mass is 9.44. The molecule has 1 heterocycles. The van der Waals surface area contributed by atoms with E-state index in [0.717, 1.165) is 0 Å². The maximum absolute atomic E-state index is 17.2. The molecule has 4 aliphatic carbocycles. The van der Waals surface area contributed by atoms with Gasteiger partial charge in [0.1, 0.15) is 5.60 Å². The standard InChI is InChI=1S/C29H36FNO6/c1-17-12-22-21-8-7-19-13-20(32)9-10-26(19,2)28(21,30)23(33)14-27(22,3)29(17,36)24(34)16-37-25(35)18-6-5-11-31(4)15-18/h5,9-11,13,15,17,21-23,33,36H,6-8,12,14,16H2,1-4H3/t17?,21-,22-,23-,26-,27-,28-,29-/m0/s1. The number of fused-ring (bicyclic) bond motifs is 5. The number of alkyl halides is 1. The quantitative estimate of drug-likeness (QED) is 0.557. The van der Waals surface area contributed by atoms with Gasteiger partial charge in [0, 0.05) is 36.4 Å². The number of rotatable bonds is 4. The largest absolute Gasteiger partial charge is 0.454 e. The predicted octanol–water partition coefficient (Wildman–Crippen LogP) is 3.18. The molecule has 0 aromatic carbocycles. The van der Waals surface area contributed by atoms with Gasteiger partial charge in [-0.05, 0) is 62.8 Å². The van der Waals surface area contributed by atoms with E-state index in [1.165, 1.54) is 12.2 Å². The van der Waals surface area contributed by atoms with Crippen LogP contribution >= 0.6 is 0 Å². The Bertz CT molecular complexity index is 1170. The molecule has 3 saturated carbocycles. The van der Waals surface area contributed by atoms with Crippen LogP contribution in [-0.2, 0) is 19.1 Å². The fourth-order valence-corrected chi connectivity index (χ4v) is 8.30. The molecule has 1 aliphatic heterocycles. The second-order valence-corrected chi connectivity index (χ2v) is 12.1. The van der Waals surface area contributed by atoms with Crippen molar-refractivity contribution < 1.29 is 33.7 Å². The number of carbonyl (C=O) groups excluding carboxylic acids is 3. The lowest BCUT2D eigenvalue weighted by Gasteiger charge is -2.62. The van der Waals surface area contributed by atoms with Crippen LogP contribution in [0.4, 0.5) is 4.39 Å². The summed E-state index contributed by atoms with van der Waals surface area (Å²) in [4.78, 5) is 39.9. The normalized spacial score (nSPS) is 44.4. The van der Waals surface area contributed by atoms with Crippen molar-refractivity contribution in [1.82, 2.24) is 4.90 Å². The van der Waals surface area contributed by atoms with Crippen molar-refractivity contribution >= 4 is 17.5 Å². The summed E-state index contributed by atoms with van der Waals surface area (Å²) < 4.78 is 22.6. The van der Waals surface area contributed by atoms with Gasteiger partial charge in [-0.2, -0.15) is 0 Å². The van der Waals surface area contributed by atoms with Gasteiger partial charge in [-0.25, -0.2) is 9.18 Å². The van der Waals surface area contributed by atoms with Gasteiger partial charge in [-0.1, -0.05) is 31.6 Å². The number of aliphatic hydroxyl groups excluding tert-OH is 1. The second-order valence-electron chi connectivity index (χ2n) is 12.1. The van der Waals surface area contributed by atoms with Gasteiger partial charge in [0.25, 0.3) is 0 Å². The number of halogens is 1. The van der Waals surface area contributed by atoms with Crippen LogP contribution in [0.3, 0.4) is 0 Å². The zero-order valence-electron chi connectivity index (χ0n) is 21.9. The Hall–Kier alpha value is -2.58. The SMILES string of the molecule is CC1C[C@H]2[C@@H]3CCC4=CC(=O)C=C[C@]4(C)[C@@]3(F)[C@@H](O)C[C@]2(C)[C@@]1(O)C(=O)COC(=O)C1=CN(C)C=CC1. The van der Waals surface area contributed by atoms with E-state index >= 15 is 4.39 Å². The van der Waals surface area contributed by atoms with Crippen molar-refractivity contribution in [3.8, 4) is 0 Å². The number of ether oxygens (including phenoxy) is 1. The summed E-state index contributed by atoms with van der Waals surface area (Å²) in [7, 11) is 1.78. The first-order chi connectivity index (χ1) is 17.3. The summed E-state index contributed by atoms with van der Waals surface area (Å²) in [5.41, 5.74) is -5.07. The molecule has 0 bridgehead atoms. The third kappa shape index (κ3) is 3.41. The van der Waals surface area contributed by atoms with Crippen LogP contribution in [0.2, 0.25) is 0 Å². The maximum atomic E-state index is 17.2. The number of Topliss-reactive ketones (excluding diaryl/α,β-unsaturated/α-hetero) is 1. The topological polar surface area (TPSA) is 104 Å². The van der Waals surface area contributed by atoms with Crippen LogP contribution in [0.1, 0.15) is 52.9 Å². The number of carbonyl (C=O) groups is 3. The molecule has 2 N–H and O–H groups in total. The van der Waals surface area contributed by atoms with Crippen LogP contribution in [0, 0.1) is 28.6 Å². The molecule has 0 spiro atoms. The average molecular weight is 514 g/mol.